The highest BCUT2D eigenvalue weighted by atomic mass is 35.5. The third-order valence-electron chi connectivity index (χ3n) is 2.03. The lowest BCUT2D eigenvalue weighted by molar-refractivity contribution is 0.0697. The van der Waals surface area contributed by atoms with Gasteiger partial charge in [0, 0.05) is 5.02 Å². The van der Waals surface area contributed by atoms with Gasteiger partial charge in [0.05, 0.1) is 27.3 Å². The fourth-order valence-corrected chi connectivity index (χ4v) is 3.68. The number of benzene rings is 1. The van der Waals surface area contributed by atoms with Crippen LogP contribution in [-0.4, -0.2) is 36.5 Å². The van der Waals surface area contributed by atoms with Crippen LogP contribution in [0.5, 0.6) is 0 Å². The number of hydrogen-bond acceptors (Lipinski definition) is 4. The summed E-state index contributed by atoms with van der Waals surface area (Å²) >= 11 is 11.4. The molecule has 0 spiro atoms. The van der Waals surface area contributed by atoms with Crippen LogP contribution in [0.25, 0.3) is 0 Å². The molecule has 8 heteroatoms. The standard InChI is InChI=1S/C10H10Cl2O5S/c1-5(13)4-18(16,17)8-3-6(11)2-7(9(8)12)10(14)15/h2-3,5,13H,4H2,1H3,(H,14,15). The predicted molar refractivity (Wildman–Crippen MR) is 67.2 cm³/mol. The maximum absolute atomic E-state index is 11.9. The van der Waals surface area contributed by atoms with Gasteiger partial charge in [-0.15, -0.1) is 0 Å². The van der Waals surface area contributed by atoms with Crippen molar-refractivity contribution in [2.24, 2.45) is 0 Å². The predicted octanol–water partition coefficient (Wildman–Crippen LogP) is 1.85. The first-order valence-electron chi connectivity index (χ1n) is 4.78. The topological polar surface area (TPSA) is 91.7 Å². The van der Waals surface area contributed by atoms with E-state index in [-0.39, 0.29) is 5.02 Å². The number of halogens is 2. The summed E-state index contributed by atoms with van der Waals surface area (Å²) in [6.45, 7) is 1.30. The number of carbonyl (C=O) groups is 1. The number of hydrogen-bond donors (Lipinski definition) is 2. The zero-order valence-corrected chi connectivity index (χ0v) is 11.6. The zero-order valence-electron chi connectivity index (χ0n) is 9.22. The molecule has 100 valence electrons. The molecule has 5 nitrogen and oxygen atoms in total. The molecule has 0 aliphatic rings. The summed E-state index contributed by atoms with van der Waals surface area (Å²) in [6.07, 6.45) is -1.10. The monoisotopic (exact) mass is 312 g/mol. The third-order valence-corrected chi connectivity index (χ3v) is 4.68. The first-order valence-corrected chi connectivity index (χ1v) is 7.19. The lowest BCUT2D eigenvalue weighted by atomic mass is 10.2. The minimum absolute atomic E-state index is 0.0547. The lowest BCUT2D eigenvalue weighted by Gasteiger charge is -2.10. The molecule has 0 aliphatic carbocycles. The molecule has 1 unspecified atom stereocenters. The number of carboxylic acid groups (broad SMARTS) is 1. The van der Waals surface area contributed by atoms with Gasteiger partial charge in [-0.1, -0.05) is 23.2 Å². The zero-order chi connectivity index (χ0) is 14.1. The van der Waals surface area contributed by atoms with E-state index in [0.29, 0.717) is 0 Å². The highest BCUT2D eigenvalue weighted by molar-refractivity contribution is 7.91. The van der Waals surface area contributed by atoms with Crippen molar-refractivity contribution in [1.82, 2.24) is 0 Å². The van der Waals surface area contributed by atoms with Crippen molar-refractivity contribution in [3.05, 3.63) is 27.7 Å². The summed E-state index contributed by atoms with van der Waals surface area (Å²) in [4.78, 5) is 10.5. The van der Waals surface area contributed by atoms with Crippen LogP contribution in [-0.2, 0) is 9.84 Å². The molecule has 0 aliphatic heterocycles. The van der Waals surface area contributed by atoms with Crippen molar-refractivity contribution < 1.29 is 23.4 Å². The molecule has 0 saturated heterocycles. The van der Waals surface area contributed by atoms with Gasteiger partial charge in [0.15, 0.2) is 9.84 Å². The number of sulfone groups is 1. The lowest BCUT2D eigenvalue weighted by Crippen LogP contribution is -2.18. The van der Waals surface area contributed by atoms with Crippen LogP contribution < -0.4 is 0 Å². The fraction of sp³-hybridized carbons (Fsp3) is 0.300. The average Bonchev–Trinajstić information content (AvgIpc) is 2.18. The van der Waals surface area contributed by atoms with Crippen LogP contribution in [0, 0.1) is 0 Å². The molecule has 0 bridgehead atoms. The molecule has 0 fully saturated rings. The van der Waals surface area contributed by atoms with E-state index >= 15 is 0 Å². The molecule has 0 heterocycles. The van der Waals surface area contributed by atoms with Gasteiger partial charge < -0.3 is 10.2 Å². The molecule has 2 N–H and O–H groups in total. The van der Waals surface area contributed by atoms with Gasteiger partial charge in [0.2, 0.25) is 0 Å². The van der Waals surface area contributed by atoms with Gasteiger partial charge in [-0.05, 0) is 19.1 Å². The van der Waals surface area contributed by atoms with Crippen LogP contribution in [0.15, 0.2) is 17.0 Å². The number of rotatable bonds is 4. The van der Waals surface area contributed by atoms with Crippen molar-refractivity contribution in [3.63, 3.8) is 0 Å². The van der Waals surface area contributed by atoms with E-state index in [4.69, 9.17) is 33.4 Å². The van der Waals surface area contributed by atoms with E-state index in [2.05, 4.69) is 0 Å². The van der Waals surface area contributed by atoms with E-state index in [1.54, 1.807) is 0 Å². The Morgan fingerprint density at radius 1 is 1.39 bits per heavy atom. The maximum atomic E-state index is 11.9. The van der Waals surface area contributed by atoms with Gasteiger partial charge in [-0.2, -0.15) is 0 Å². The molecule has 0 radical (unpaired) electrons. The minimum atomic E-state index is -3.90. The molecule has 1 aromatic carbocycles. The van der Waals surface area contributed by atoms with Crippen molar-refractivity contribution >= 4 is 39.0 Å². The fourth-order valence-electron chi connectivity index (χ4n) is 1.35. The molecule has 1 rings (SSSR count). The number of aliphatic hydroxyl groups is 1. The van der Waals surface area contributed by atoms with Crippen molar-refractivity contribution in [3.8, 4) is 0 Å². The van der Waals surface area contributed by atoms with E-state index in [9.17, 15) is 13.2 Å². The van der Waals surface area contributed by atoms with E-state index in [1.807, 2.05) is 0 Å². The molecule has 1 aromatic rings. The Kier molecular flexibility index (Phi) is 4.61. The quantitative estimate of drug-likeness (QED) is 0.885. The van der Waals surface area contributed by atoms with E-state index < -0.39 is 43.1 Å². The summed E-state index contributed by atoms with van der Waals surface area (Å²) in [5.41, 5.74) is -0.395. The Morgan fingerprint density at radius 2 is 1.94 bits per heavy atom. The number of aliphatic hydroxyl groups excluding tert-OH is 1. The summed E-state index contributed by atoms with van der Waals surface area (Å²) in [5.74, 6) is -1.94. The van der Waals surface area contributed by atoms with Crippen LogP contribution in [0.2, 0.25) is 10.0 Å². The molecular weight excluding hydrogens is 303 g/mol. The largest absolute Gasteiger partial charge is 0.478 e. The van der Waals surface area contributed by atoms with Crippen molar-refractivity contribution in [2.75, 3.05) is 5.75 Å². The second-order valence-electron chi connectivity index (χ2n) is 3.70. The van der Waals surface area contributed by atoms with Gasteiger partial charge in [-0.3, -0.25) is 0 Å². The van der Waals surface area contributed by atoms with Gasteiger partial charge in [0.1, 0.15) is 0 Å². The molecule has 18 heavy (non-hydrogen) atoms. The van der Waals surface area contributed by atoms with Crippen LogP contribution in [0.1, 0.15) is 17.3 Å². The Bertz CT molecular complexity index is 580. The molecule has 1 atom stereocenters. The minimum Gasteiger partial charge on any atom is -0.478 e. The second kappa shape index (κ2) is 5.44. The van der Waals surface area contributed by atoms with Crippen molar-refractivity contribution in [1.29, 1.82) is 0 Å². The maximum Gasteiger partial charge on any atom is 0.337 e. The molecular formula is C10H10Cl2O5S. The van der Waals surface area contributed by atoms with E-state index in [1.165, 1.54) is 6.92 Å². The van der Waals surface area contributed by atoms with Gasteiger partial charge in [0.25, 0.3) is 0 Å². The summed E-state index contributed by atoms with van der Waals surface area (Å²) < 4.78 is 23.8. The highest BCUT2D eigenvalue weighted by Gasteiger charge is 2.25. The first-order chi connectivity index (χ1) is 8.15. The highest BCUT2D eigenvalue weighted by Crippen LogP contribution is 2.30. The van der Waals surface area contributed by atoms with E-state index in [0.717, 1.165) is 12.1 Å². The summed E-state index contributed by atoms with van der Waals surface area (Å²) in [7, 11) is -3.90. The molecule has 0 aromatic heterocycles. The Balaban J connectivity index is 3.47. The number of aromatic carboxylic acids is 1. The van der Waals surface area contributed by atoms with Gasteiger partial charge in [-0.25, -0.2) is 13.2 Å². The third kappa shape index (κ3) is 3.35. The van der Waals surface area contributed by atoms with Crippen LogP contribution in [0.3, 0.4) is 0 Å². The van der Waals surface area contributed by atoms with Crippen LogP contribution >= 0.6 is 23.2 Å². The molecule has 0 saturated carbocycles. The Morgan fingerprint density at radius 3 is 2.39 bits per heavy atom. The Labute approximate surface area is 114 Å². The average molecular weight is 313 g/mol. The van der Waals surface area contributed by atoms with Crippen molar-refractivity contribution in [2.45, 2.75) is 17.9 Å². The normalized spacial score (nSPS) is 13.3. The smallest absolute Gasteiger partial charge is 0.337 e. The molecule has 0 amide bonds. The Hall–Kier alpha value is -0.820. The van der Waals surface area contributed by atoms with Crippen LogP contribution in [0.4, 0.5) is 0 Å². The second-order valence-corrected chi connectivity index (χ2v) is 6.52. The summed E-state index contributed by atoms with van der Waals surface area (Å²) in [5, 5.41) is 17.5. The SMILES string of the molecule is CC(O)CS(=O)(=O)c1cc(Cl)cc(C(=O)O)c1Cl. The van der Waals surface area contributed by atoms with Gasteiger partial charge >= 0.3 is 5.97 Å². The first kappa shape index (κ1) is 15.2. The number of carboxylic acids is 1. The summed E-state index contributed by atoms with van der Waals surface area (Å²) in [6, 6.07) is 2.13.